The number of hydrogen-bond donors (Lipinski definition) is 3. The third-order valence-electron chi connectivity index (χ3n) is 5.57. The van der Waals surface area contributed by atoms with Crippen molar-refractivity contribution in [2.24, 2.45) is 0 Å². The number of aliphatic hydroxyl groups is 1. The number of fused-ring (bicyclic) bond motifs is 1. The lowest BCUT2D eigenvalue weighted by Crippen LogP contribution is -2.39. The molecule has 1 aliphatic rings. The quantitative estimate of drug-likeness (QED) is 0.457. The summed E-state index contributed by atoms with van der Waals surface area (Å²) >= 11 is 0. The van der Waals surface area contributed by atoms with Crippen LogP contribution in [0, 0.1) is 5.82 Å². The minimum atomic E-state index is -0.940. The van der Waals surface area contributed by atoms with Crippen LogP contribution < -0.4 is 14.8 Å². The summed E-state index contributed by atoms with van der Waals surface area (Å²) in [4.78, 5) is 11.0. The number of ether oxygens (including phenoxy) is 2. The second-order valence-electron chi connectivity index (χ2n) is 8.04. The number of para-hydroxylation sites is 1. The van der Waals surface area contributed by atoms with Gasteiger partial charge in [0, 0.05) is 13.1 Å². The highest BCUT2D eigenvalue weighted by Gasteiger charge is 2.20. The molecule has 0 spiro atoms. The van der Waals surface area contributed by atoms with Gasteiger partial charge in [-0.1, -0.05) is 30.3 Å². The fraction of sp³-hybridized carbons (Fsp3) is 0.269. The molecule has 0 saturated carbocycles. The number of aryl methyl sites for hydroxylation is 1. The molecule has 3 N–H and O–H groups in total. The zero-order chi connectivity index (χ0) is 23.2. The molecule has 0 radical (unpaired) electrons. The zero-order valence-electron chi connectivity index (χ0n) is 18.0. The number of aromatic carboxylic acids is 1. The molecule has 3 aromatic carbocycles. The van der Waals surface area contributed by atoms with Crippen LogP contribution in [0.15, 0.2) is 66.7 Å². The molecule has 0 fully saturated rings. The maximum atomic E-state index is 13.6. The fourth-order valence-electron chi connectivity index (χ4n) is 3.79. The average molecular weight is 451 g/mol. The van der Waals surface area contributed by atoms with Gasteiger partial charge in [0.25, 0.3) is 0 Å². The highest BCUT2D eigenvalue weighted by atomic mass is 19.1. The van der Waals surface area contributed by atoms with E-state index in [1.807, 2.05) is 24.3 Å². The molecule has 0 aliphatic carbocycles. The lowest BCUT2D eigenvalue weighted by Gasteiger charge is -2.27. The molecule has 3 aromatic rings. The van der Waals surface area contributed by atoms with Crippen LogP contribution in [0.4, 0.5) is 4.39 Å². The second-order valence-corrected chi connectivity index (χ2v) is 8.04. The molecule has 0 bridgehead atoms. The number of carboxylic acids is 1. The van der Waals surface area contributed by atoms with Crippen LogP contribution in [0.5, 0.6) is 11.5 Å². The standard InChI is InChI=1S/C26H26FNO5/c27-23-3-1-2-4-25(23)32-16-21(29)14-28-15-22-11-9-20-13-19(10-12-24(20)33-22)17-5-7-18(8-6-17)26(30)31/h1-8,10,12-13,21-22,28-29H,9,11,14-16H2,(H,30,31)/t21-,22+/m0/s1. The Bertz CT molecular complexity index is 1100. The van der Waals surface area contributed by atoms with Crippen LogP contribution in [0.25, 0.3) is 11.1 Å². The van der Waals surface area contributed by atoms with Crippen molar-refractivity contribution < 1.29 is 28.9 Å². The van der Waals surface area contributed by atoms with E-state index >= 15 is 0 Å². The van der Waals surface area contributed by atoms with E-state index in [0.717, 1.165) is 35.3 Å². The molecule has 172 valence electrons. The van der Waals surface area contributed by atoms with Crippen LogP contribution in [-0.4, -0.2) is 48.1 Å². The summed E-state index contributed by atoms with van der Waals surface area (Å²) in [6.45, 7) is 0.888. The van der Waals surface area contributed by atoms with Gasteiger partial charge in [-0.05, 0) is 65.9 Å². The Kier molecular flexibility index (Phi) is 7.22. The molecular formula is C26H26FNO5. The average Bonchev–Trinajstić information content (AvgIpc) is 2.83. The maximum absolute atomic E-state index is 13.6. The summed E-state index contributed by atoms with van der Waals surface area (Å²) in [5, 5.41) is 22.3. The Morgan fingerprint density at radius 2 is 1.88 bits per heavy atom. The van der Waals surface area contributed by atoms with E-state index in [0.29, 0.717) is 13.1 Å². The number of rotatable bonds is 9. The summed E-state index contributed by atoms with van der Waals surface area (Å²) < 4.78 is 25.0. The molecule has 7 heteroatoms. The van der Waals surface area contributed by atoms with E-state index < -0.39 is 17.9 Å². The van der Waals surface area contributed by atoms with E-state index in [2.05, 4.69) is 11.4 Å². The van der Waals surface area contributed by atoms with Gasteiger partial charge >= 0.3 is 5.97 Å². The predicted octanol–water partition coefficient (Wildman–Crippen LogP) is 3.91. The highest BCUT2D eigenvalue weighted by Crippen LogP contribution is 2.32. The smallest absolute Gasteiger partial charge is 0.335 e. The van der Waals surface area contributed by atoms with Gasteiger partial charge in [-0.3, -0.25) is 0 Å². The molecule has 1 aliphatic heterocycles. The van der Waals surface area contributed by atoms with Crippen molar-refractivity contribution in [2.75, 3.05) is 19.7 Å². The monoisotopic (exact) mass is 451 g/mol. The van der Waals surface area contributed by atoms with E-state index in [9.17, 15) is 14.3 Å². The normalized spacial score (nSPS) is 15.9. The summed E-state index contributed by atoms with van der Waals surface area (Å²) in [7, 11) is 0. The number of aliphatic hydroxyl groups excluding tert-OH is 1. The number of nitrogens with one attached hydrogen (secondary N) is 1. The molecule has 0 aromatic heterocycles. The first-order valence-electron chi connectivity index (χ1n) is 10.9. The first-order valence-corrected chi connectivity index (χ1v) is 10.9. The summed E-state index contributed by atoms with van der Waals surface area (Å²) in [6, 6.07) is 18.9. The van der Waals surface area contributed by atoms with Gasteiger partial charge in [0.1, 0.15) is 24.6 Å². The van der Waals surface area contributed by atoms with Crippen LogP contribution >= 0.6 is 0 Å². The molecule has 6 nitrogen and oxygen atoms in total. The van der Waals surface area contributed by atoms with Gasteiger partial charge in [-0.25, -0.2) is 9.18 Å². The minimum Gasteiger partial charge on any atom is -0.489 e. The number of benzene rings is 3. The summed E-state index contributed by atoms with van der Waals surface area (Å²) in [6.07, 6.45) is 0.915. The molecule has 1 heterocycles. The van der Waals surface area contributed by atoms with E-state index in [1.54, 1.807) is 24.3 Å². The van der Waals surface area contributed by atoms with Crippen LogP contribution in [0.1, 0.15) is 22.3 Å². The Morgan fingerprint density at radius 3 is 2.64 bits per heavy atom. The van der Waals surface area contributed by atoms with E-state index in [-0.39, 0.29) is 24.0 Å². The van der Waals surface area contributed by atoms with E-state index in [1.165, 1.54) is 12.1 Å². The van der Waals surface area contributed by atoms with E-state index in [4.69, 9.17) is 14.6 Å². The third-order valence-corrected chi connectivity index (χ3v) is 5.57. The first-order chi connectivity index (χ1) is 16.0. The molecule has 0 unspecified atom stereocenters. The van der Waals surface area contributed by atoms with Crippen molar-refractivity contribution in [3.63, 3.8) is 0 Å². The van der Waals surface area contributed by atoms with Crippen LogP contribution in [-0.2, 0) is 6.42 Å². The second kappa shape index (κ2) is 10.5. The SMILES string of the molecule is O=C(O)c1ccc(-c2ccc3c(c2)CC[C@H](CNC[C@H](O)COc2ccccc2F)O3)cc1. The molecule has 4 rings (SSSR count). The number of hydrogen-bond acceptors (Lipinski definition) is 5. The van der Waals surface area contributed by atoms with Gasteiger partial charge in [-0.15, -0.1) is 0 Å². The Hall–Kier alpha value is -3.42. The lowest BCUT2D eigenvalue weighted by atomic mass is 9.96. The Morgan fingerprint density at radius 1 is 1.12 bits per heavy atom. The lowest BCUT2D eigenvalue weighted by molar-refractivity contribution is 0.0697. The molecule has 0 amide bonds. The van der Waals surface area contributed by atoms with Crippen molar-refractivity contribution in [3.8, 4) is 22.6 Å². The molecule has 33 heavy (non-hydrogen) atoms. The van der Waals surface area contributed by atoms with Gasteiger partial charge in [0.15, 0.2) is 11.6 Å². The highest BCUT2D eigenvalue weighted by molar-refractivity contribution is 5.88. The number of carboxylic acid groups (broad SMARTS) is 1. The minimum absolute atomic E-state index is 0.00148. The summed E-state index contributed by atoms with van der Waals surface area (Å²) in [5.41, 5.74) is 3.35. The van der Waals surface area contributed by atoms with Gasteiger partial charge in [0.05, 0.1) is 5.56 Å². The Balaban J connectivity index is 1.25. The molecule has 0 saturated heterocycles. The van der Waals surface area contributed by atoms with Crippen LogP contribution in [0.2, 0.25) is 0 Å². The number of carbonyl (C=O) groups is 1. The predicted molar refractivity (Wildman–Crippen MR) is 122 cm³/mol. The first kappa shape index (κ1) is 22.8. The van der Waals surface area contributed by atoms with Gasteiger partial charge in [0.2, 0.25) is 0 Å². The van der Waals surface area contributed by atoms with Crippen molar-refractivity contribution in [1.29, 1.82) is 0 Å². The molecule has 2 atom stereocenters. The third kappa shape index (κ3) is 5.88. The van der Waals surface area contributed by atoms with Crippen molar-refractivity contribution >= 4 is 5.97 Å². The van der Waals surface area contributed by atoms with Gasteiger partial charge < -0.3 is 25.0 Å². The van der Waals surface area contributed by atoms with Crippen molar-refractivity contribution in [3.05, 3.63) is 83.7 Å². The summed E-state index contributed by atoms with van der Waals surface area (Å²) in [5.74, 6) is -0.430. The number of halogens is 1. The molecular weight excluding hydrogens is 425 g/mol. The van der Waals surface area contributed by atoms with Crippen molar-refractivity contribution in [1.82, 2.24) is 5.32 Å². The zero-order valence-corrected chi connectivity index (χ0v) is 18.0. The Labute approximate surface area is 191 Å². The largest absolute Gasteiger partial charge is 0.489 e. The fourth-order valence-corrected chi connectivity index (χ4v) is 3.79. The maximum Gasteiger partial charge on any atom is 0.335 e. The van der Waals surface area contributed by atoms with Crippen LogP contribution in [0.3, 0.4) is 0 Å². The van der Waals surface area contributed by atoms with Gasteiger partial charge in [-0.2, -0.15) is 0 Å². The van der Waals surface area contributed by atoms with Crippen molar-refractivity contribution in [2.45, 2.75) is 25.0 Å². The topological polar surface area (TPSA) is 88.0 Å².